The van der Waals surface area contributed by atoms with Gasteiger partial charge in [0.1, 0.15) is 5.52 Å². The van der Waals surface area contributed by atoms with Gasteiger partial charge in [0.25, 0.3) is 0 Å². The van der Waals surface area contributed by atoms with E-state index in [9.17, 15) is 13.2 Å². The molecule has 0 amide bonds. The van der Waals surface area contributed by atoms with Crippen LogP contribution in [0, 0.1) is 0 Å². The molecule has 0 bridgehead atoms. The van der Waals surface area contributed by atoms with Crippen molar-refractivity contribution in [1.82, 2.24) is 4.98 Å². The van der Waals surface area contributed by atoms with Crippen molar-refractivity contribution in [2.24, 2.45) is 0 Å². The molecule has 3 rings (SSSR count). The second-order valence-electron chi connectivity index (χ2n) is 4.43. The molecule has 0 fully saturated rings. The Kier molecular flexibility index (Phi) is 3.06. The van der Waals surface area contributed by atoms with Crippen LogP contribution in [-0.4, -0.2) is 4.98 Å². The fourth-order valence-electron chi connectivity index (χ4n) is 1.95. The van der Waals surface area contributed by atoms with Crippen molar-refractivity contribution >= 4 is 28.4 Å². The number of nitrogen functional groups attached to an aromatic ring is 1. The zero-order valence-corrected chi connectivity index (χ0v) is 11.2. The molecule has 0 aliphatic rings. The Morgan fingerprint density at radius 2 is 1.86 bits per heavy atom. The van der Waals surface area contributed by atoms with Gasteiger partial charge in [-0.15, -0.1) is 0 Å². The predicted molar refractivity (Wildman–Crippen MR) is 73.9 cm³/mol. The maximum absolute atomic E-state index is 12.6. The van der Waals surface area contributed by atoms with E-state index < -0.39 is 11.7 Å². The number of oxazole rings is 1. The Labute approximate surface area is 122 Å². The normalized spacial score (nSPS) is 12.0. The van der Waals surface area contributed by atoms with Crippen molar-refractivity contribution in [1.29, 1.82) is 0 Å². The minimum absolute atomic E-state index is 0.0533. The topological polar surface area (TPSA) is 52.0 Å². The van der Waals surface area contributed by atoms with Gasteiger partial charge in [0, 0.05) is 10.7 Å². The van der Waals surface area contributed by atoms with E-state index in [1.165, 1.54) is 6.07 Å². The Hall–Kier alpha value is -2.21. The van der Waals surface area contributed by atoms with E-state index in [2.05, 4.69) is 4.98 Å². The van der Waals surface area contributed by atoms with E-state index >= 15 is 0 Å². The molecule has 1 aromatic heterocycles. The largest absolute Gasteiger partial charge is 0.436 e. The van der Waals surface area contributed by atoms with Gasteiger partial charge < -0.3 is 10.2 Å². The van der Waals surface area contributed by atoms with Crippen molar-refractivity contribution in [3.8, 4) is 11.5 Å². The lowest BCUT2D eigenvalue weighted by Gasteiger charge is -2.08. The first-order valence-corrected chi connectivity index (χ1v) is 6.25. The number of nitrogens with two attached hydrogens (primary N) is 1. The molecule has 108 valence electrons. The van der Waals surface area contributed by atoms with Crippen molar-refractivity contribution in [2.75, 3.05) is 5.73 Å². The molecular weight excluding hydrogens is 305 g/mol. The van der Waals surface area contributed by atoms with Crippen LogP contribution in [0.5, 0.6) is 0 Å². The van der Waals surface area contributed by atoms with Crippen molar-refractivity contribution in [3.63, 3.8) is 0 Å². The quantitative estimate of drug-likeness (QED) is 0.660. The maximum atomic E-state index is 12.6. The molecule has 0 unspecified atom stereocenters. The third-order valence-corrected chi connectivity index (χ3v) is 3.19. The van der Waals surface area contributed by atoms with Crippen LogP contribution < -0.4 is 5.73 Å². The molecular formula is C14H8ClF3N2O. The molecule has 0 atom stereocenters. The van der Waals surface area contributed by atoms with Gasteiger partial charge >= 0.3 is 6.18 Å². The molecule has 7 heteroatoms. The number of fused-ring (bicyclic) bond motifs is 1. The molecule has 0 spiro atoms. The highest BCUT2D eigenvalue weighted by atomic mass is 35.5. The second kappa shape index (κ2) is 4.66. The molecule has 3 aromatic rings. The van der Waals surface area contributed by atoms with Gasteiger partial charge in [0.15, 0.2) is 5.58 Å². The lowest BCUT2D eigenvalue weighted by molar-refractivity contribution is -0.137. The Morgan fingerprint density at radius 3 is 2.52 bits per heavy atom. The number of alkyl halides is 3. The lowest BCUT2D eigenvalue weighted by Crippen LogP contribution is -2.06. The number of nitrogens with zero attached hydrogens (tertiary/aromatic N) is 1. The van der Waals surface area contributed by atoms with E-state index in [-0.39, 0.29) is 11.6 Å². The standard InChI is InChI=1S/C14H8ClF3N2O/c15-8-2-4-12-11(6-8)20-13(21-12)9-3-1-7(5-10(9)19)14(16,17)18/h1-6H,19H2. The summed E-state index contributed by atoms with van der Waals surface area (Å²) in [6, 6.07) is 7.91. The number of aromatic nitrogens is 1. The first kappa shape index (κ1) is 13.8. The fourth-order valence-corrected chi connectivity index (χ4v) is 2.12. The molecule has 2 aromatic carbocycles. The summed E-state index contributed by atoms with van der Waals surface area (Å²) < 4.78 is 43.3. The van der Waals surface area contributed by atoms with Crippen LogP contribution in [-0.2, 0) is 6.18 Å². The van der Waals surface area contributed by atoms with Crippen LogP contribution in [0.2, 0.25) is 5.02 Å². The molecule has 0 saturated carbocycles. The zero-order chi connectivity index (χ0) is 15.2. The highest BCUT2D eigenvalue weighted by Gasteiger charge is 2.31. The Balaban J connectivity index is 2.10. The molecule has 3 nitrogen and oxygen atoms in total. The van der Waals surface area contributed by atoms with Gasteiger partial charge in [-0.2, -0.15) is 13.2 Å². The molecule has 2 N–H and O–H groups in total. The molecule has 0 aliphatic heterocycles. The number of hydrogen-bond donors (Lipinski definition) is 1. The van der Waals surface area contributed by atoms with E-state index in [0.29, 0.717) is 21.7 Å². The SMILES string of the molecule is Nc1cc(C(F)(F)F)ccc1-c1nc2cc(Cl)ccc2o1. The molecule has 0 aliphatic carbocycles. The minimum atomic E-state index is -4.44. The molecule has 21 heavy (non-hydrogen) atoms. The first-order valence-electron chi connectivity index (χ1n) is 5.88. The second-order valence-corrected chi connectivity index (χ2v) is 4.87. The van der Waals surface area contributed by atoms with Crippen molar-refractivity contribution in [3.05, 3.63) is 47.0 Å². The van der Waals surface area contributed by atoms with Crippen LogP contribution in [0.15, 0.2) is 40.8 Å². The lowest BCUT2D eigenvalue weighted by atomic mass is 10.1. The summed E-state index contributed by atoms with van der Waals surface area (Å²) in [6.45, 7) is 0. The maximum Gasteiger partial charge on any atom is 0.416 e. The summed E-state index contributed by atoms with van der Waals surface area (Å²) in [6.07, 6.45) is -4.44. The zero-order valence-electron chi connectivity index (χ0n) is 10.4. The monoisotopic (exact) mass is 312 g/mol. The Morgan fingerprint density at radius 1 is 1.10 bits per heavy atom. The third-order valence-electron chi connectivity index (χ3n) is 2.96. The van der Waals surface area contributed by atoms with Gasteiger partial charge in [-0.3, -0.25) is 0 Å². The molecule has 0 radical (unpaired) electrons. The van der Waals surface area contributed by atoms with Crippen LogP contribution in [0.1, 0.15) is 5.56 Å². The van der Waals surface area contributed by atoms with Crippen LogP contribution in [0.25, 0.3) is 22.6 Å². The van der Waals surface area contributed by atoms with Crippen LogP contribution >= 0.6 is 11.6 Å². The average molecular weight is 313 g/mol. The number of rotatable bonds is 1. The van der Waals surface area contributed by atoms with E-state index in [4.69, 9.17) is 21.8 Å². The van der Waals surface area contributed by atoms with Crippen molar-refractivity contribution in [2.45, 2.75) is 6.18 Å². The summed E-state index contributed by atoms with van der Waals surface area (Å²) in [5.74, 6) is 0.151. The van der Waals surface area contributed by atoms with Gasteiger partial charge in [-0.05, 0) is 36.4 Å². The summed E-state index contributed by atoms with van der Waals surface area (Å²) in [5.41, 5.74) is 6.10. The summed E-state index contributed by atoms with van der Waals surface area (Å²) in [7, 11) is 0. The van der Waals surface area contributed by atoms with Crippen LogP contribution in [0.3, 0.4) is 0 Å². The number of benzene rings is 2. The van der Waals surface area contributed by atoms with Crippen molar-refractivity contribution < 1.29 is 17.6 Å². The fraction of sp³-hybridized carbons (Fsp3) is 0.0714. The van der Waals surface area contributed by atoms with Gasteiger partial charge in [0.2, 0.25) is 5.89 Å². The predicted octanol–water partition coefficient (Wildman–Crippen LogP) is 4.75. The third kappa shape index (κ3) is 2.54. The number of anilines is 1. The minimum Gasteiger partial charge on any atom is -0.436 e. The van der Waals surface area contributed by atoms with Gasteiger partial charge in [0.05, 0.1) is 11.1 Å². The van der Waals surface area contributed by atoms with Crippen LogP contribution in [0.4, 0.5) is 18.9 Å². The highest BCUT2D eigenvalue weighted by Crippen LogP contribution is 2.35. The number of hydrogen-bond acceptors (Lipinski definition) is 3. The first-order chi connectivity index (χ1) is 9.84. The highest BCUT2D eigenvalue weighted by molar-refractivity contribution is 6.31. The van der Waals surface area contributed by atoms with Gasteiger partial charge in [-0.1, -0.05) is 11.6 Å². The van der Waals surface area contributed by atoms with E-state index in [1.54, 1.807) is 18.2 Å². The number of halogens is 4. The van der Waals surface area contributed by atoms with Gasteiger partial charge in [-0.25, -0.2) is 4.98 Å². The Bertz CT molecular complexity index is 827. The summed E-state index contributed by atoms with van der Waals surface area (Å²) >= 11 is 5.84. The summed E-state index contributed by atoms with van der Waals surface area (Å²) in [4.78, 5) is 4.18. The molecule has 1 heterocycles. The van der Waals surface area contributed by atoms with E-state index in [0.717, 1.165) is 12.1 Å². The smallest absolute Gasteiger partial charge is 0.416 e. The summed E-state index contributed by atoms with van der Waals surface area (Å²) in [5, 5.41) is 0.489. The average Bonchev–Trinajstić information content (AvgIpc) is 2.80. The molecule has 0 saturated heterocycles. The van der Waals surface area contributed by atoms with E-state index in [1.807, 2.05) is 0 Å².